The molecule has 6 atom stereocenters. The maximum atomic E-state index is 14.3. The number of hydrogen-bond donors (Lipinski definition) is 6. The molecule has 280 valence electrons. The summed E-state index contributed by atoms with van der Waals surface area (Å²) in [5.74, 6) is 0.248. The van der Waals surface area contributed by atoms with Crippen molar-refractivity contribution in [2.75, 3.05) is 6.54 Å². The number of carboxylic acid groups (broad SMARTS) is 1. The number of carbonyl (C=O) groups excluding carboxylic acids is 3. The number of aliphatic carboxylic acids is 1. The van der Waals surface area contributed by atoms with Crippen LogP contribution in [0, 0.1) is 23.7 Å². The monoisotopic (exact) mass is 699 g/mol. The molecule has 3 amide bonds. The lowest BCUT2D eigenvalue weighted by Gasteiger charge is -2.36. The number of hydrazine groups is 3. The lowest BCUT2D eigenvalue weighted by Crippen LogP contribution is -2.56. The van der Waals surface area contributed by atoms with Crippen molar-refractivity contribution in [2.45, 2.75) is 165 Å². The summed E-state index contributed by atoms with van der Waals surface area (Å²) in [6.45, 7) is 5.54. The minimum Gasteiger partial charge on any atom is -0.479 e. The van der Waals surface area contributed by atoms with Crippen LogP contribution in [0.3, 0.4) is 0 Å². The highest BCUT2D eigenvalue weighted by molar-refractivity contribution is 5.96. The molecule has 6 aliphatic rings. The Morgan fingerprint density at radius 2 is 1.68 bits per heavy atom. The van der Waals surface area contributed by atoms with Crippen molar-refractivity contribution in [3.8, 4) is 0 Å². The number of carboxylic acids is 1. The molecule has 0 bridgehead atoms. The first kappa shape index (κ1) is 37.0. The number of allylic oxidation sites excluding steroid dienone is 1. The molecule has 0 aromatic carbocycles. The van der Waals surface area contributed by atoms with Crippen molar-refractivity contribution in [3.63, 3.8) is 0 Å². The van der Waals surface area contributed by atoms with Crippen LogP contribution >= 0.6 is 0 Å². The first-order chi connectivity index (χ1) is 23.9. The van der Waals surface area contributed by atoms with Crippen molar-refractivity contribution in [3.05, 3.63) is 12.2 Å². The summed E-state index contributed by atoms with van der Waals surface area (Å²) in [7, 11) is 0. The van der Waals surface area contributed by atoms with Crippen LogP contribution in [0.1, 0.15) is 130 Å². The number of amides is 3. The first-order valence-corrected chi connectivity index (χ1v) is 19.5. The van der Waals surface area contributed by atoms with E-state index in [-0.39, 0.29) is 30.6 Å². The van der Waals surface area contributed by atoms with Gasteiger partial charge in [-0.1, -0.05) is 69.9 Å². The Labute approximate surface area is 297 Å². The number of nitrogens with one attached hydrogen (secondary N) is 5. The van der Waals surface area contributed by atoms with Crippen LogP contribution in [0.2, 0.25) is 0 Å². The van der Waals surface area contributed by atoms with Gasteiger partial charge in [0.05, 0.1) is 12.2 Å². The third-order valence-corrected chi connectivity index (χ3v) is 12.1. The molecule has 2 saturated heterocycles. The summed E-state index contributed by atoms with van der Waals surface area (Å²) in [6, 6.07) is -2.05. The number of hydrogen-bond acceptors (Lipinski definition) is 9. The standard InChI is InChI=1S/C37H61N7O6/c1-36(2,3)50-35(49)38-29-15-11-6-4-5-10-14-27-22-37(27,34(47)48)39-32(45)30-21-28(23-43(30)33(29)46)44-41-31(40-42-44)20-24-16-18-26(19-17-24)25-12-8-7-9-13-25/h10,14,24-31,40-42H,4-9,11-13,15-23H2,1-3H3,(H,38,49)(H,39,45)(H,47,48)/b14-10-/t24?,26?,27-,28-,29+,30+,31?,37-/m1/s1. The summed E-state index contributed by atoms with van der Waals surface area (Å²) in [6.07, 6.45) is 20.6. The molecule has 3 aliphatic carbocycles. The highest BCUT2D eigenvalue weighted by Gasteiger charge is 2.61. The highest BCUT2D eigenvalue weighted by atomic mass is 16.6. The van der Waals surface area contributed by atoms with Gasteiger partial charge in [-0.15, -0.1) is 0 Å². The van der Waals surface area contributed by atoms with Crippen LogP contribution in [-0.4, -0.2) is 81.0 Å². The lowest BCUT2D eigenvalue weighted by atomic mass is 9.70. The van der Waals surface area contributed by atoms with Gasteiger partial charge in [0.1, 0.15) is 23.2 Å². The summed E-state index contributed by atoms with van der Waals surface area (Å²) in [5, 5.41) is 17.7. The average molecular weight is 700 g/mol. The van der Waals surface area contributed by atoms with Crippen LogP contribution in [-0.2, 0) is 19.1 Å². The summed E-state index contributed by atoms with van der Waals surface area (Å²) >= 11 is 0. The fraction of sp³-hybridized carbons (Fsp3) is 0.838. The van der Waals surface area contributed by atoms with Gasteiger partial charge in [-0.2, -0.15) is 10.7 Å². The molecular weight excluding hydrogens is 638 g/mol. The van der Waals surface area contributed by atoms with Crippen molar-refractivity contribution >= 4 is 23.9 Å². The predicted octanol–water partition coefficient (Wildman–Crippen LogP) is 4.26. The van der Waals surface area contributed by atoms with E-state index in [1.165, 1.54) is 62.7 Å². The Hall–Kier alpha value is -2.74. The van der Waals surface area contributed by atoms with Crippen LogP contribution in [0.25, 0.3) is 0 Å². The molecule has 1 unspecified atom stereocenters. The van der Waals surface area contributed by atoms with Gasteiger partial charge < -0.3 is 25.4 Å². The lowest BCUT2D eigenvalue weighted by molar-refractivity contribution is -0.145. The number of fused-ring (bicyclic) bond motifs is 2. The van der Waals surface area contributed by atoms with Gasteiger partial charge in [0.15, 0.2) is 0 Å². The van der Waals surface area contributed by atoms with E-state index in [1.807, 2.05) is 17.3 Å². The van der Waals surface area contributed by atoms with Gasteiger partial charge in [0.2, 0.25) is 11.8 Å². The van der Waals surface area contributed by atoms with E-state index in [0.29, 0.717) is 31.6 Å². The maximum absolute atomic E-state index is 14.3. The van der Waals surface area contributed by atoms with Crippen molar-refractivity contribution < 1.29 is 29.0 Å². The Morgan fingerprint density at radius 1 is 0.980 bits per heavy atom. The molecule has 13 heteroatoms. The molecular formula is C37H61N7O6. The maximum Gasteiger partial charge on any atom is 0.408 e. The number of rotatable bonds is 6. The van der Waals surface area contributed by atoms with E-state index < -0.39 is 41.2 Å². The Kier molecular flexibility index (Phi) is 11.8. The SMILES string of the molecule is CC(C)(C)OC(=O)N[C@H]1CCCCC/C=C\[C@@H]2C[C@@]2(C(=O)O)NC(=O)[C@@H]2C[C@@H](N3NNC(CC4CCC(C5CCCCC5)CC4)N3)CN2C1=O. The number of ether oxygens (including phenoxy) is 1. The first-order valence-electron chi connectivity index (χ1n) is 19.5. The van der Waals surface area contributed by atoms with Crippen molar-refractivity contribution in [2.24, 2.45) is 23.7 Å². The molecule has 0 aromatic heterocycles. The van der Waals surface area contributed by atoms with Gasteiger partial charge in [-0.25, -0.2) is 20.4 Å². The van der Waals surface area contributed by atoms with E-state index in [9.17, 15) is 24.3 Å². The van der Waals surface area contributed by atoms with Gasteiger partial charge in [0.25, 0.3) is 0 Å². The number of carbonyl (C=O) groups is 4. The van der Waals surface area contributed by atoms with E-state index >= 15 is 0 Å². The minimum absolute atomic E-state index is 0.0182. The Balaban J connectivity index is 1.13. The van der Waals surface area contributed by atoms with Gasteiger partial charge in [-0.3, -0.25) is 9.59 Å². The second kappa shape index (κ2) is 15.9. The zero-order chi connectivity index (χ0) is 35.5. The number of nitrogens with zero attached hydrogens (tertiary/aromatic N) is 2. The van der Waals surface area contributed by atoms with Crippen LogP contribution in [0.4, 0.5) is 4.79 Å². The Bertz CT molecular complexity index is 1260. The van der Waals surface area contributed by atoms with Gasteiger partial charge in [-0.05, 0) is 89.9 Å². The van der Waals surface area contributed by atoms with E-state index in [2.05, 4.69) is 27.0 Å². The van der Waals surface area contributed by atoms with Crippen molar-refractivity contribution in [1.82, 2.24) is 37.0 Å². The fourth-order valence-electron chi connectivity index (χ4n) is 9.24. The number of alkyl carbamates (subject to hydrolysis) is 1. The third kappa shape index (κ3) is 9.00. The molecule has 0 spiro atoms. The molecule has 50 heavy (non-hydrogen) atoms. The van der Waals surface area contributed by atoms with Crippen LogP contribution in [0.15, 0.2) is 12.2 Å². The van der Waals surface area contributed by atoms with E-state index in [1.54, 1.807) is 20.8 Å². The normalized spacial score (nSPS) is 37.1. The topological polar surface area (TPSA) is 164 Å². The Morgan fingerprint density at radius 3 is 2.40 bits per heavy atom. The van der Waals surface area contributed by atoms with Gasteiger partial charge in [0, 0.05) is 12.5 Å². The molecule has 3 saturated carbocycles. The molecule has 5 fully saturated rings. The minimum atomic E-state index is -1.37. The smallest absolute Gasteiger partial charge is 0.408 e. The van der Waals surface area contributed by atoms with Crippen molar-refractivity contribution in [1.29, 1.82) is 0 Å². The zero-order valence-electron chi connectivity index (χ0n) is 30.4. The van der Waals surface area contributed by atoms with Crippen LogP contribution in [0.5, 0.6) is 0 Å². The fourth-order valence-corrected chi connectivity index (χ4v) is 9.24. The average Bonchev–Trinajstić information content (AvgIpc) is 3.36. The molecule has 6 rings (SSSR count). The molecule has 6 N–H and O–H groups in total. The second-order valence-electron chi connectivity index (χ2n) is 17.0. The van der Waals surface area contributed by atoms with E-state index in [4.69, 9.17) is 4.74 Å². The summed E-state index contributed by atoms with van der Waals surface area (Å²) in [4.78, 5) is 55.2. The predicted molar refractivity (Wildman–Crippen MR) is 188 cm³/mol. The van der Waals surface area contributed by atoms with Gasteiger partial charge >= 0.3 is 12.1 Å². The third-order valence-electron chi connectivity index (χ3n) is 12.1. The van der Waals surface area contributed by atoms with E-state index in [0.717, 1.165) is 37.5 Å². The molecule has 0 aromatic rings. The summed E-state index contributed by atoms with van der Waals surface area (Å²) < 4.78 is 5.51. The largest absolute Gasteiger partial charge is 0.479 e. The molecule has 3 heterocycles. The van der Waals surface area contributed by atoms with Crippen LogP contribution < -0.4 is 27.0 Å². The highest BCUT2D eigenvalue weighted by Crippen LogP contribution is 2.46. The second-order valence-corrected chi connectivity index (χ2v) is 17.0. The molecule has 3 aliphatic heterocycles. The summed E-state index contributed by atoms with van der Waals surface area (Å²) in [5.41, 5.74) is 8.08. The zero-order valence-corrected chi connectivity index (χ0v) is 30.4. The quantitative estimate of drug-likeness (QED) is 0.221. The molecule has 13 nitrogen and oxygen atoms in total. The molecule has 0 radical (unpaired) electrons.